The number of amides is 1. The molecule has 0 spiro atoms. The summed E-state index contributed by atoms with van der Waals surface area (Å²) in [7, 11) is 0. The molecule has 3 rings (SSSR count). The quantitative estimate of drug-likeness (QED) is 0.281. The van der Waals surface area contributed by atoms with Crippen molar-refractivity contribution in [1.82, 2.24) is 4.98 Å². The Balaban J connectivity index is 0.00000107. The van der Waals surface area contributed by atoms with Crippen molar-refractivity contribution in [3.8, 4) is 6.07 Å². The number of carbonyl (C=O) groups is 1. The van der Waals surface area contributed by atoms with E-state index in [1.165, 1.54) is 10.4 Å². The molecule has 0 bridgehead atoms. The molecule has 0 fully saturated rings. The molecule has 3 aromatic rings. The van der Waals surface area contributed by atoms with Crippen LogP contribution in [-0.4, -0.2) is 30.8 Å². The smallest absolute Gasteiger partial charge is 0.204 e. The largest absolute Gasteiger partial charge is 0.377 e. The summed E-state index contributed by atoms with van der Waals surface area (Å²) in [6.45, 7) is 4.22. The summed E-state index contributed by atoms with van der Waals surface area (Å²) in [4.78, 5) is 16.8. The summed E-state index contributed by atoms with van der Waals surface area (Å²) in [5.41, 5.74) is 7.06. The van der Waals surface area contributed by atoms with Crippen molar-refractivity contribution in [1.29, 1.82) is 5.26 Å². The van der Waals surface area contributed by atoms with Gasteiger partial charge in [0.15, 0.2) is 5.13 Å². The molecule has 0 unspecified atom stereocenters. The lowest BCUT2D eigenvalue weighted by Gasteiger charge is -2.22. The van der Waals surface area contributed by atoms with Crippen LogP contribution in [-0.2, 0) is 16.1 Å². The van der Waals surface area contributed by atoms with Gasteiger partial charge < -0.3 is 15.4 Å². The van der Waals surface area contributed by atoms with Gasteiger partial charge in [-0.05, 0) is 49.4 Å². The molecule has 162 valence electrons. The fourth-order valence-corrected chi connectivity index (χ4v) is 4.56. The predicted molar refractivity (Wildman–Crippen MR) is 128 cm³/mol. The average molecular weight is 455 g/mol. The number of ether oxygens (including phenoxy) is 1. The molecular formula is C23H26N4O2S2. The second kappa shape index (κ2) is 13.4. The van der Waals surface area contributed by atoms with E-state index in [2.05, 4.69) is 42.0 Å². The van der Waals surface area contributed by atoms with Crippen LogP contribution in [0.5, 0.6) is 0 Å². The molecule has 1 heterocycles. The van der Waals surface area contributed by atoms with Crippen LogP contribution in [0.3, 0.4) is 0 Å². The first-order chi connectivity index (χ1) is 15.1. The number of thiazole rings is 1. The number of carbonyl (C=O) groups excluding carboxylic acids is 1. The Kier molecular flexibility index (Phi) is 10.6. The van der Waals surface area contributed by atoms with Gasteiger partial charge in [-0.15, -0.1) is 23.1 Å². The summed E-state index contributed by atoms with van der Waals surface area (Å²) >= 11 is 3.37. The van der Waals surface area contributed by atoms with Crippen molar-refractivity contribution in [2.24, 2.45) is 5.73 Å². The first-order valence-corrected chi connectivity index (χ1v) is 11.7. The number of thioether (sulfide) groups is 1. The van der Waals surface area contributed by atoms with Gasteiger partial charge in [-0.3, -0.25) is 4.79 Å². The molecule has 2 N–H and O–H groups in total. The molecule has 0 radical (unpaired) electrons. The van der Waals surface area contributed by atoms with Gasteiger partial charge in [0.1, 0.15) is 5.03 Å². The highest BCUT2D eigenvalue weighted by molar-refractivity contribution is 7.98. The van der Waals surface area contributed by atoms with Crippen LogP contribution in [0.25, 0.3) is 0 Å². The van der Waals surface area contributed by atoms with Gasteiger partial charge in [-0.1, -0.05) is 30.3 Å². The van der Waals surface area contributed by atoms with Crippen LogP contribution >= 0.6 is 23.1 Å². The Bertz CT molecular complexity index is 969. The van der Waals surface area contributed by atoms with Gasteiger partial charge in [0.25, 0.3) is 0 Å². The SMILES string of the molecule is CSc1nc(N(CCCOCc2ccccc2)c2ccc(C#N)cc2)sc1C.NC=O. The number of rotatable bonds is 9. The fourth-order valence-electron chi connectivity index (χ4n) is 2.81. The average Bonchev–Trinajstić information content (AvgIpc) is 3.18. The van der Waals surface area contributed by atoms with Crippen LogP contribution in [0.2, 0.25) is 0 Å². The maximum atomic E-state index is 9.06. The van der Waals surface area contributed by atoms with Crippen molar-refractivity contribution in [2.75, 3.05) is 24.3 Å². The van der Waals surface area contributed by atoms with E-state index in [9.17, 15) is 0 Å². The van der Waals surface area contributed by atoms with Crippen molar-refractivity contribution >= 4 is 40.3 Å². The molecule has 0 atom stereocenters. The number of benzene rings is 2. The van der Waals surface area contributed by atoms with E-state index < -0.39 is 0 Å². The van der Waals surface area contributed by atoms with Crippen molar-refractivity contribution in [3.05, 3.63) is 70.6 Å². The van der Waals surface area contributed by atoms with Crippen LogP contribution in [0.1, 0.15) is 22.4 Å². The monoisotopic (exact) mass is 454 g/mol. The third-order valence-electron chi connectivity index (χ3n) is 4.26. The third kappa shape index (κ3) is 7.72. The van der Waals surface area contributed by atoms with Gasteiger partial charge in [0.2, 0.25) is 6.41 Å². The molecule has 1 amide bonds. The Hall–Kier alpha value is -2.86. The standard InChI is InChI=1S/C22H23N3OS2.CH3NO/c1-17-21(27-2)24-22(28-17)25(20-11-9-18(15-23)10-12-20)13-6-14-26-16-19-7-4-3-5-8-19;2-1-3/h3-5,7-12H,6,13-14,16H2,1-2H3;1H,(H2,2,3). The molecule has 0 aliphatic carbocycles. The highest BCUT2D eigenvalue weighted by Crippen LogP contribution is 2.34. The van der Waals surface area contributed by atoms with Crippen LogP contribution in [0.15, 0.2) is 59.6 Å². The highest BCUT2D eigenvalue weighted by Gasteiger charge is 2.16. The minimum atomic E-state index is 0.250. The molecule has 6 nitrogen and oxygen atoms in total. The van der Waals surface area contributed by atoms with Gasteiger partial charge in [0, 0.05) is 23.7 Å². The highest BCUT2D eigenvalue weighted by atomic mass is 32.2. The zero-order chi connectivity index (χ0) is 22.5. The van der Waals surface area contributed by atoms with Gasteiger partial charge >= 0.3 is 0 Å². The molecule has 0 saturated heterocycles. The lowest BCUT2D eigenvalue weighted by Crippen LogP contribution is -2.19. The maximum absolute atomic E-state index is 9.06. The summed E-state index contributed by atoms with van der Waals surface area (Å²) in [5.74, 6) is 0. The molecule has 31 heavy (non-hydrogen) atoms. The second-order valence-corrected chi connectivity index (χ2v) is 8.38. The van der Waals surface area contributed by atoms with E-state index in [1.54, 1.807) is 23.1 Å². The first kappa shape index (κ1) is 24.4. The van der Waals surface area contributed by atoms with Gasteiger partial charge in [0.05, 0.1) is 18.2 Å². The lowest BCUT2D eigenvalue weighted by molar-refractivity contribution is -0.106. The zero-order valence-electron chi connectivity index (χ0n) is 17.7. The number of aromatic nitrogens is 1. The van der Waals surface area contributed by atoms with Gasteiger partial charge in [-0.25, -0.2) is 4.98 Å². The normalized spacial score (nSPS) is 9.97. The Morgan fingerprint density at radius 3 is 2.48 bits per heavy atom. The summed E-state index contributed by atoms with van der Waals surface area (Å²) in [6, 6.07) is 20.1. The molecular weight excluding hydrogens is 428 g/mol. The number of primary amides is 1. The van der Waals surface area contributed by atoms with E-state index in [0.29, 0.717) is 18.8 Å². The first-order valence-electron chi connectivity index (χ1n) is 9.69. The Morgan fingerprint density at radius 1 is 1.23 bits per heavy atom. The van der Waals surface area contributed by atoms with Crippen LogP contribution < -0.4 is 10.6 Å². The van der Waals surface area contributed by atoms with E-state index in [-0.39, 0.29) is 6.41 Å². The number of nitrogens with zero attached hydrogens (tertiary/aromatic N) is 3. The van der Waals surface area contributed by atoms with E-state index in [1.807, 2.05) is 42.5 Å². The summed E-state index contributed by atoms with van der Waals surface area (Å²) < 4.78 is 5.84. The minimum Gasteiger partial charge on any atom is -0.377 e. The van der Waals surface area contributed by atoms with Crippen LogP contribution in [0, 0.1) is 18.3 Å². The number of nitrogens with two attached hydrogens (primary N) is 1. The van der Waals surface area contributed by atoms with Crippen molar-refractivity contribution in [3.63, 3.8) is 0 Å². The second-order valence-electron chi connectivity index (χ2n) is 6.40. The number of aryl methyl sites for hydroxylation is 1. The summed E-state index contributed by atoms with van der Waals surface area (Å²) in [5, 5.41) is 11.1. The molecule has 2 aromatic carbocycles. The molecule has 8 heteroatoms. The number of anilines is 2. The molecule has 1 aromatic heterocycles. The summed E-state index contributed by atoms with van der Waals surface area (Å²) in [6.07, 6.45) is 3.19. The Morgan fingerprint density at radius 2 is 1.90 bits per heavy atom. The number of hydrogen-bond donors (Lipinski definition) is 1. The van der Waals surface area contributed by atoms with Crippen molar-refractivity contribution < 1.29 is 9.53 Å². The number of hydrogen-bond acceptors (Lipinski definition) is 7. The predicted octanol–water partition coefficient (Wildman–Crippen LogP) is 4.89. The molecule has 0 aliphatic heterocycles. The molecule has 0 aliphatic rings. The van der Waals surface area contributed by atoms with Gasteiger partial charge in [-0.2, -0.15) is 5.26 Å². The topological polar surface area (TPSA) is 92.2 Å². The third-order valence-corrected chi connectivity index (χ3v) is 6.16. The Labute approximate surface area is 191 Å². The van der Waals surface area contributed by atoms with E-state index in [4.69, 9.17) is 19.8 Å². The number of nitriles is 1. The fraction of sp³-hybridized carbons (Fsp3) is 0.261. The van der Waals surface area contributed by atoms with E-state index in [0.717, 1.165) is 28.8 Å². The molecule has 0 saturated carbocycles. The maximum Gasteiger partial charge on any atom is 0.204 e. The van der Waals surface area contributed by atoms with Crippen molar-refractivity contribution in [2.45, 2.75) is 25.0 Å². The lowest BCUT2D eigenvalue weighted by atomic mass is 10.2. The van der Waals surface area contributed by atoms with Crippen LogP contribution in [0.4, 0.5) is 10.8 Å². The zero-order valence-corrected chi connectivity index (χ0v) is 19.3. The van der Waals surface area contributed by atoms with E-state index >= 15 is 0 Å². The minimum absolute atomic E-state index is 0.250.